The molecular weight excluding hydrogens is 1940 g/mol. The lowest BCUT2D eigenvalue weighted by Crippen LogP contribution is -2.41. The number of amides is 7. The predicted octanol–water partition coefficient (Wildman–Crippen LogP) is 8.12. The molecule has 2 saturated heterocycles. The molecule has 772 valence electrons. The quantitative estimate of drug-likeness (QED) is 0.00858. The second-order valence-corrected chi connectivity index (χ2v) is 45.0. The van der Waals surface area contributed by atoms with Crippen molar-refractivity contribution in [3.63, 3.8) is 0 Å². The van der Waals surface area contributed by atoms with Gasteiger partial charge in [0, 0.05) is 132 Å². The number of urea groups is 1. The lowest BCUT2D eigenvalue weighted by atomic mass is 9.81. The number of anilines is 2. The van der Waals surface area contributed by atoms with E-state index in [0.29, 0.717) is 158 Å². The van der Waals surface area contributed by atoms with Gasteiger partial charge in [0.15, 0.2) is 17.6 Å². The summed E-state index contributed by atoms with van der Waals surface area (Å²) in [4.78, 5) is 116. The minimum atomic E-state index is -4.89. The van der Waals surface area contributed by atoms with Crippen LogP contribution in [0.5, 0.6) is 5.75 Å². The number of nitrogens with zero attached hydrogens (tertiary/aromatic N) is 4. The Balaban J connectivity index is 0.649. The number of benzene rings is 4. The number of aliphatic imine (C=N–C) groups is 2. The van der Waals surface area contributed by atoms with E-state index in [4.69, 9.17) is 35.2 Å². The zero-order valence-electron chi connectivity index (χ0n) is 80.1. The Morgan fingerprint density at radius 3 is 1.67 bits per heavy atom. The van der Waals surface area contributed by atoms with Gasteiger partial charge in [0.2, 0.25) is 23.4 Å². The summed E-state index contributed by atoms with van der Waals surface area (Å²) < 4.78 is 170. The summed E-state index contributed by atoms with van der Waals surface area (Å²) in [6.07, 6.45) is 18.3. The molecule has 16 N–H and O–H groups in total. The van der Waals surface area contributed by atoms with Gasteiger partial charge >= 0.3 is 18.0 Å². The molecule has 0 bridgehead atoms. The minimum absolute atomic E-state index is 0.0356. The zero-order valence-corrected chi connectivity index (χ0v) is 85.0. The van der Waals surface area contributed by atoms with E-state index >= 15 is 0 Å². The second kappa shape index (κ2) is 51.1. The van der Waals surface area contributed by atoms with Crippen molar-refractivity contribution in [1.29, 1.82) is 0 Å². The van der Waals surface area contributed by atoms with Crippen molar-refractivity contribution in [2.75, 3.05) is 107 Å². The molecule has 40 nitrogen and oxygen atoms in total. The van der Waals surface area contributed by atoms with Crippen LogP contribution in [-0.2, 0) is 94.2 Å². The Hall–Kier alpha value is -10.5. The molecule has 4 aromatic rings. The Labute approximate surface area is 832 Å². The molecule has 8 atom stereocenters. The smallest absolute Gasteiger partial charge is 0.328 e. The molecule has 4 aromatic carbocycles. The molecule has 6 aliphatic heterocycles. The van der Waals surface area contributed by atoms with Crippen molar-refractivity contribution in [2.45, 2.75) is 248 Å². The number of rotatable bonds is 55. The monoisotopic (exact) mass is 2070 g/mol. The summed E-state index contributed by atoms with van der Waals surface area (Å²) in [7, 11) is -15.9. The molecule has 141 heavy (non-hydrogen) atoms. The minimum Gasteiger partial charge on any atom is -0.744 e. The molecule has 1 aliphatic carbocycles. The first kappa shape index (κ1) is 111. The number of allylic oxidation sites excluding steroid dienone is 7. The van der Waals surface area contributed by atoms with Crippen LogP contribution in [0.2, 0.25) is 0 Å². The number of ether oxygens (including phenoxy) is 5. The average molecular weight is 2080 g/mol. The second-order valence-electron chi connectivity index (χ2n) is 36.7. The Kier molecular flexibility index (Phi) is 40.2. The van der Waals surface area contributed by atoms with Crippen molar-refractivity contribution in [2.24, 2.45) is 21.5 Å². The van der Waals surface area contributed by atoms with E-state index in [1.54, 1.807) is 12.1 Å². The van der Waals surface area contributed by atoms with E-state index in [-0.39, 0.29) is 172 Å². The van der Waals surface area contributed by atoms with Crippen LogP contribution in [0.3, 0.4) is 0 Å². The Morgan fingerprint density at radius 2 is 1.11 bits per heavy atom. The van der Waals surface area contributed by atoms with E-state index in [1.807, 2.05) is 85.0 Å². The number of fused-ring (bicyclic) bond motifs is 4. The number of methoxy groups -OCH3 is 2. The highest BCUT2D eigenvalue weighted by Crippen LogP contribution is 2.50. The van der Waals surface area contributed by atoms with Gasteiger partial charge < -0.3 is 92.5 Å². The van der Waals surface area contributed by atoms with Crippen LogP contribution in [0.1, 0.15) is 207 Å². The largest absolute Gasteiger partial charge is 0.744 e. The number of nitrogens with two attached hydrogens (primary N) is 2. The number of guanidine groups is 2. The van der Waals surface area contributed by atoms with Gasteiger partial charge in [-0.15, -0.1) is 0 Å². The molecule has 7 amide bonds. The van der Waals surface area contributed by atoms with Gasteiger partial charge in [-0.1, -0.05) is 32.8 Å². The summed E-state index contributed by atoms with van der Waals surface area (Å²) >= 11 is 3.69. The first-order valence-electron chi connectivity index (χ1n) is 47.5. The highest BCUT2D eigenvalue weighted by molar-refractivity contribution is 8.00. The van der Waals surface area contributed by atoms with E-state index in [2.05, 4.69) is 57.8 Å². The van der Waals surface area contributed by atoms with Crippen LogP contribution in [0.25, 0.3) is 0 Å². The lowest BCUT2D eigenvalue weighted by molar-refractivity contribution is -0.438. The number of hydrogen-bond donors (Lipinski definition) is 14. The van der Waals surface area contributed by atoms with E-state index in [9.17, 15) is 90.2 Å². The molecular formula is C95H131N15O25S6. The molecule has 46 heteroatoms. The molecule has 0 saturated carbocycles. The van der Waals surface area contributed by atoms with Crippen LogP contribution in [-0.4, -0.2) is 266 Å². The van der Waals surface area contributed by atoms with Gasteiger partial charge in [-0.05, 0) is 225 Å². The first-order valence-corrected chi connectivity index (χ1v) is 55.5. The fourth-order valence-electron chi connectivity index (χ4n) is 18.3. The van der Waals surface area contributed by atoms with E-state index < -0.39 is 104 Å². The van der Waals surface area contributed by atoms with Gasteiger partial charge in [0.1, 0.15) is 40.3 Å². The maximum Gasteiger partial charge on any atom is 0.328 e. The van der Waals surface area contributed by atoms with Crippen molar-refractivity contribution in [3.05, 3.63) is 148 Å². The molecule has 11 rings (SSSR count). The van der Waals surface area contributed by atoms with Gasteiger partial charge in [-0.3, -0.25) is 37.6 Å². The molecule has 0 aromatic heterocycles. The topological polar surface area (TPSA) is 594 Å². The summed E-state index contributed by atoms with van der Waals surface area (Å²) in [6.45, 7) is 9.21. The number of hydrogen-bond acceptors (Lipinski definition) is 31. The third-order valence-electron chi connectivity index (χ3n) is 25.7. The van der Waals surface area contributed by atoms with Gasteiger partial charge in [-0.2, -0.15) is 53.4 Å². The van der Waals surface area contributed by atoms with Crippen LogP contribution in [0.4, 0.5) is 21.9 Å². The van der Waals surface area contributed by atoms with Crippen LogP contribution >= 0.6 is 23.5 Å². The number of carbonyl (C=O) groups excluding carboxylic acids is 8. The van der Waals surface area contributed by atoms with E-state index in [1.165, 1.54) is 80.9 Å². The molecule has 0 unspecified atom stereocenters. The Bertz CT molecular complexity index is 5790. The Morgan fingerprint density at radius 1 is 0.574 bits per heavy atom. The van der Waals surface area contributed by atoms with Crippen molar-refractivity contribution in [3.8, 4) is 5.75 Å². The van der Waals surface area contributed by atoms with Crippen LogP contribution in [0, 0.1) is 0 Å². The van der Waals surface area contributed by atoms with Gasteiger partial charge in [-0.25, -0.2) is 32.8 Å². The van der Waals surface area contributed by atoms with Crippen molar-refractivity contribution in [1.82, 2.24) is 42.5 Å². The van der Waals surface area contributed by atoms with Crippen molar-refractivity contribution < 1.29 is 118 Å². The maximum absolute atomic E-state index is 13.9. The highest BCUT2D eigenvalue weighted by Gasteiger charge is 2.47. The first-order chi connectivity index (χ1) is 67.0. The number of thioether (sulfide) groups is 2. The number of carbonyl (C=O) groups is 8. The zero-order chi connectivity index (χ0) is 102. The average Bonchev–Trinajstić information content (AvgIpc) is 1.59. The SMILES string of the molecule is COC(=O)[C@H](CCCCNC(=O)c1cc(NC(=O)NCCOCCOCCNC(=O)CCCCC[N+]2=C(/C=C/C3=C(Oc4ccc(S(=O)(=O)O)cc4)C(=C/C=C4/N(CCCCS(=O)(=O)O)c5ccc(S(=O)(=O)O)cc5C4(C)C)/CCC3)C(C)(C)c3cc(S(=O)(=O)[O-])ccc32)cc(C(=O)NCCCC[C@H](NC(=O)CCCC[C@@H]2SC[C@@H]3NC(N)=N[C@@H]32)C(=O)OC)c1)NC(=O)CCCC[C@@H]1SC[C@@H]2NC(N)=N[C@@H]21. The predicted molar refractivity (Wildman–Crippen MR) is 534 cm³/mol. The summed E-state index contributed by atoms with van der Waals surface area (Å²) in [6, 6.07) is 16.0. The number of nitrogens with one attached hydrogen (secondary N) is 9. The van der Waals surface area contributed by atoms with E-state index in [0.717, 1.165) is 42.9 Å². The van der Waals surface area contributed by atoms with Crippen LogP contribution in [0.15, 0.2) is 150 Å². The lowest BCUT2D eigenvalue weighted by Gasteiger charge is -2.27. The van der Waals surface area contributed by atoms with Crippen molar-refractivity contribution >= 4 is 146 Å². The molecule has 2 fully saturated rings. The number of unbranched alkanes of at least 4 members (excludes halogenated alkanes) is 7. The summed E-state index contributed by atoms with van der Waals surface area (Å²) in [5, 5.41) is 26.6. The third-order valence-corrected chi connectivity index (χ3v) is 32.0. The van der Waals surface area contributed by atoms with Gasteiger partial charge in [0.05, 0.1) is 90.7 Å². The van der Waals surface area contributed by atoms with Gasteiger partial charge in [0.25, 0.3) is 42.2 Å². The normalized spacial score (nSPS) is 20.0. The highest BCUT2D eigenvalue weighted by atomic mass is 32.2. The third kappa shape index (κ3) is 32.0. The fraction of sp³-hybridized carbons (Fsp3) is 0.547. The maximum atomic E-state index is 13.9. The fourth-order valence-corrected chi connectivity index (χ4v) is 23.4. The van der Waals surface area contributed by atoms with Crippen LogP contribution < -0.4 is 69.0 Å². The molecule has 7 aliphatic rings. The molecule has 6 heterocycles. The molecule has 0 radical (unpaired) electrons. The summed E-state index contributed by atoms with van der Waals surface area (Å²) in [5.74, 6) is -0.270. The molecule has 0 spiro atoms. The standard InChI is InChI=1S/C95H131N15O25S6/c1-94(2)69-56-67(140(125,126)127)36-38-75(69)109(79(94)40-30-60-21-20-22-61(86(60)135-65-32-34-66(35-33-65)139(122,123)124)31-41-80-95(3,4)70-57-68(141(128,129)130)37-39-76(70)110(80)47-18-19-52-138(119,120)121)46-17-7-8-27-81(111)98-44-48-133-50-51-134-49-45-101-93(118)102-64-54-62(87(114)99-42-15-13-23-71(89(116)131-5)103-82(112)28-11-9-25-77-84-73(58-136-77)105-91(96)107-84)53-63(55-64)88(115)100-43-16-14-24-72(90(117)132-6)104-83(113)29-12-10-26-78-85-74(59-137-78)106-92(97)108-85/h30-41,53-57,71-74,77-78,84-85H,7-29,42-52,58-59H2,1-6H3,(H16-,96,97,98,99,100,101,102,103,104,105,106,107,108,111,112,113,114,115,118,119,120,121,122,123,124,125,126,127,128,129,130)/t71-,72-,73-,74-,77-,78-,84-,85-/m0/s1. The number of esters is 2. The summed E-state index contributed by atoms with van der Waals surface area (Å²) in [5.41, 5.74) is 15.3.